The van der Waals surface area contributed by atoms with Gasteiger partial charge in [-0.1, -0.05) is 39.3 Å². The lowest BCUT2D eigenvalue weighted by Crippen LogP contribution is -2.16. The molecule has 0 heterocycles. The molecule has 0 aliphatic rings. The average Bonchev–Trinajstić information content (AvgIpc) is 2.28. The fourth-order valence-corrected chi connectivity index (χ4v) is 2.52. The first kappa shape index (κ1) is 19.7. The van der Waals surface area contributed by atoms with Gasteiger partial charge in [0.15, 0.2) is 0 Å². The van der Waals surface area contributed by atoms with Gasteiger partial charge in [-0.25, -0.2) is 0 Å². The van der Waals surface area contributed by atoms with Crippen molar-refractivity contribution < 1.29 is 14.3 Å². The third kappa shape index (κ3) is 14.9. The molecule has 0 spiro atoms. The highest BCUT2D eigenvalue weighted by Crippen LogP contribution is 2.01. The first-order valence-corrected chi connectivity index (χ1v) is 14.2. The van der Waals surface area contributed by atoms with Crippen LogP contribution in [0.2, 0.25) is 39.3 Å². The SMILES string of the molecule is C[Si](C)(C)C#CCCC(=O)OC(=O)CCC#C[Si](C)(C)C. The fourth-order valence-electron chi connectivity index (χ4n) is 1.21. The Labute approximate surface area is 130 Å². The highest BCUT2D eigenvalue weighted by Gasteiger charge is 2.11. The summed E-state index contributed by atoms with van der Waals surface area (Å²) in [5, 5.41) is 0. The molecule has 0 radical (unpaired) electrons. The van der Waals surface area contributed by atoms with E-state index < -0.39 is 28.1 Å². The zero-order valence-electron chi connectivity index (χ0n) is 14.1. The lowest BCUT2D eigenvalue weighted by atomic mass is 10.3. The van der Waals surface area contributed by atoms with E-state index in [0.717, 1.165) is 0 Å². The Morgan fingerprint density at radius 1 is 0.762 bits per heavy atom. The summed E-state index contributed by atoms with van der Waals surface area (Å²) in [5.41, 5.74) is 6.34. The molecule has 0 aliphatic heterocycles. The van der Waals surface area contributed by atoms with E-state index in [1.807, 2.05) is 0 Å². The minimum atomic E-state index is -1.39. The van der Waals surface area contributed by atoms with Crippen molar-refractivity contribution in [1.29, 1.82) is 0 Å². The molecule has 0 saturated carbocycles. The molecule has 0 aromatic rings. The number of ether oxygens (including phenoxy) is 1. The molecule has 0 aromatic carbocycles. The summed E-state index contributed by atoms with van der Waals surface area (Å²) in [5.74, 6) is 4.97. The topological polar surface area (TPSA) is 43.4 Å². The molecule has 0 unspecified atom stereocenters. The second-order valence-corrected chi connectivity index (χ2v) is 16.4. The number of hydrogen-bond acceptors (Lipinski definition) is 3. The Morgan fingerprint density at radius 3 is 1.38 bits per heavy atom. The largest absolute Gasteiger partial charge is 0.393 e. The van der Waals surface area contributed by atoms with E-state index in [9.17, 15) is 9.59 Å². The summed E-state index contributed by atoms with van der Waals surface area (Å²) in [7, 11) is -2.78. The summed E-state index contributed by atoms with van der Waals surface area (Å²) in [6.45, 7) is 12.9. The van der Waals surface area contributed by atoms with Gasteiger partial charge in [0.2, 0.25) is 0 Å². The van der Waals surface area contributed by atoms with Crippen molar-refractivity contribution in [3.8, 4) is 22.9 Å². The van der Waals surface area contributed by atoms with Crippen LogP contribution < -0.4 is 0 Å². The van der Waals surface area contributed by atoms with Gasteiger partial charge in [0.1, 0.15) is 16.1 Å². The molecule has 0 aliphatic carbocycles. The molecular formula is C16H26O3Si2. The lowest BCUT2D eigenvalue weighted by Gasteiger charge is -2.04. The number of carbonyl (C=O) groups is 2. The predicted molar refractivity (Wildman–Crippen MR) is 91.8 cm³/mol. The lowest BCUT2D eigenvalue weighted by molar-refractivity contribution is -0.159. The summed E-state index contributed by atoms with van der Waals surface area (Å²) in [6, 6.07) is 0. The highest BCUT2D eigenvalue weighted by atomic mass is 28.3. The Morgan fingerprint density at radius 2 is 1.10 bits per heavy atom. The van der Waals surface area contributed by atoms with Crippen LogP contribution in [-0.4, -0.2) is 28.1 Å². The van der Waals surface area contributed by atoms with Crippen LogP contribution in [0.5, 0.6) is 0 Å². The van der Waals surface area contributed by atoms with Gasteiger partial charge < -0.3 is 4.74 Å². The van der Waals surface area contributed by atoms with Crippen LogP contribution in [0, 0.1) is 22.9 Å². The van der Waals surface area contributed by atoms with Crippen molar-refractivity contribution in [3.63, 3.8) is 0 Å². The van der Waals surface area contributed by atoms with Crippen LogP contribution in [0.3, 0.4) is 0 Å². The first-order valence-electron chi connectivity index (χ1n) is 7.23. The van der Waals surface area contributed by atoms with Gasteiger partial charge in [-0.3, -0.25) is 9.59 Å². The molecule has 0 bridgehead atoms. The summed E-state index contributed by atoms with van der Waals surface area (Å²) < 4.78 is 4.72. The van der Waals surface area contributed by atoms with E-state index in [1.165, 1.54) is 0 Å². The van der Waals surface area contributed by atoms with Crippen molar-refractivity contribution in [2.45, 2.75) is 65.0 Å². The molecule has 0 aromatic heterocycles. The van der Waals surface area contributed by atoms with Crippen LogP contribution in [0.1, 0.15) is 25.7 Å². The zero-order chi connectivity index (χ0) is 16.5. The van der Waals surface area contributed by atoms with Crippen LogP contribution in [0.4, 0.5) is 0 Å². The van der Waals surface area contributed by atoms with Gasteiger partial charge in [0.05, 0.1) is 12.8 Å². The molecule has 0 atom stereocenters. The molecule has 5 heteroatoms. The van der Waals surface area contributed by atoms with Gasteiger partial charge in [-0.05, 0) is 0 Å². The van der Waals surface area contributed by atoms with Gasteiger partial charge >= 0.3 is 11.9 Å². The van der Waals surface area contributed by atoms with E-state index >= 15 is 0 Å². The molecule has 0 saturated heterocycles. The van der Waals surface area contributed by atoms with Crippen molar-refractivity contribution in [1.82, 2.24) is 0 Å². The third-order valence-electron chi connectivity index (χ3n) is 2.06. The smallest absolute Gasteiger partial charge is 0.314 e. The van der Waals surface area contributed by atoms with Crippen molar-refractivity contribution >= 4 is 28.1 Å². The number of carbonyl (C=O) groups excluding carboxylic acids is 2. The maximum atomic E-state index is 11.4. The average molecular weight is 323 g/mol. The van der Waals surface area contributed by atoms with E-state index in [4.69, 9.17) is 4.74 Å². The van der Waals surface area contributed by atoms with Crippen LogP contribution in [0.25, 0.3) is 0 Å². The van der Waals surface area contributed by atoms with Crippen LogP contribution >= 0.6 is 0 Å². The van der Waals surface area contributed by atoms with E-state index in [-0.39, 0.29) is 12.8 Å². The number of hydrogen-bond donors (Lipinski definition) is 0. The van der Waals surface area contributed by atoms with Gasteiger partial charge in [0, 0.05) is 12.8 Å². The summed E-state index contributed by atoms with van der Waals surface area (Å²) in [6.07, 6.45) is 1.24. The Hall–Kier alpha value is -1.31. The normalized spacial score (nSPS) is 10.8. The Balaban J connectivity index is 3.97. The molecule has 21 heavy (non-hydrogen) atoms. The maximum absolute atomic E-state index is 11.4. The second kappa shape index (κ2) is 8.87. The highest BCUT2D eigenvalue weighted by molar-refractivity contribution is 6.84. The predicted octanol–water partition coefficient (Wildman–Crippen LogP) is 3.38. The Bertz CT molecular complexity index is 442. The molecule has 0 rings (SSSR count). The third-order valence-corrected chi connectivity index (χ3v) is 3.92. The second-order valence-electron chi connectivity index (χ2n) is 6.95. The monoisotopic (exact) mass is 322 g/mol. The van der Waals surface area contributed by atoms with Gasteiger partial charge in [0.25, 0.3) is 0 Å². The molecular weight excluding hydrogens is 296 g/mol. The molecule has 0 N–H and O–H groups in total. The zero-order valence-corrected chi connectivity index (χ0v) is 16.1. The molecule has 116 valence electrons. The summed E-state index contributed by atoms with van der Waals surface area (Å²) >= 11 is 0. The van der Waals surface area contributed by atoms with Crippen molar-refractivity contribution in [2.24, 2.45) is 0 Å². The first-order chi connectivity index (χ1) is 9.49. The quantitative estimate of drug-likeness (QED) is 0.345. The molecule has 0 amide bonds. The molecule has 3 nitrogen and oxygen atoms in total. The van der Waals surface area contributed by atoms with Gasteiger partial charge in [-0.15, -0.1) is 22.9 Å². The number of rotatable bonds is 4. The summed E-state index contributed by atoms with van der Waals surface area (Å²) in [4.78, 5) is 22.9. The Kier molecular flexibility index (Phi) is 8.31. The van der Waals surface area contributed by atoms with Crippen LogP contribution in [-0.2, 0) is 14.3 Å². The molecule has 0 fully saturated rings. The number of esters is 2. The van der Waals surface area contributed by atoms with E-state index in [0.29, 0.717) is 12.8 Å². The van der Waals surface area contributed by atoms with Crippen molar-refractivity contribution in [3.05, 3.63) is 0 Å². The fraction of sp³-hybridized carbons (Fsp3) is 0.625. The minimum Gasteiger partial charge on any atom is -0.393 e. The van der Waals surface area contributed by atoms with Gasteiger partial charge in [-0.2, -0.15) is 0 Å². The standard InChI is InChI=1S/C16H26O3Si2/c1-20(2,3)13-9-7-11-15(17)19-16(18)12-8-10-14-21(4,5)6/h7-8,11-12H2,1-6H3. The van der Waals surface area contributed by atoms with E-state index in [1.54, 1.807) is 0 Å². The minimum absolute atomic E-state index is 0.170. The maximum Gasteiger partial charge on any atom is 0.314 e. The van der Waals surface area contributed by atoms with Crippen LogP contribution in [0.15, 0.2) is 0 Å². The van der Waals surface area contributed by atoms with Crippen molar-refractivity contribution in [2.75, 3.05) is 0 Å². The van der Waals surface area contributed by atoms with E-state index in [2.05, 4.69) is 62.2 Å².